The number of rotatable bonds is 1. The molecule has 1 aromatic rings. The maximum absolute atomic E-state index is 11.0. The molecular formula is C12H11NO2S. The monoisotopic (exact) mass is 233 g/mol. The summed E-state index contributed by atoms with van der Waals surface area (Å²) in [5, 5.41) is 9.06. The lowest BCUT2D eigenvalue weighted by Crippen LogP contribution is -2.35. The van der Waals surface area contributed by atoms with E-state index in [0.29, 0.717) is 12.1 Å². The molecule has 82 valence electrons. The van der Waals surface area contributed by atoms with E-state index in [9.17, 15) is 4.79 Å². The summed E-state index contributed by atoms with van der Waals surface area (Å²) in [5.41, 5.74) is 2.73. The molecule has 0 aromatic heterocycles. The molecule has 1 N–H and O–H groups in total. The van der Waals surface area contributed by atoms with Crippen LogP contribution in [0.2, 0.25) is 0 Å². The molecule has 0 atom stereocenters. The number of thioether (sulfide) groups is 1. The highest BCUT2D eigenvalue weighted by Crippen LogP contribution is 2.40. The molecule has 16 heavy (non-hydrogen) atoms. The molecule has 0 radical (unpaired) electrons. The molecule has 0 aliphatic carbocycles. The molecule has 0 fully saturated rings. The van der Waals surface area contributed by atoms with Gasteiger partial charge in [0, 0.05) is 17.2 Å². The zero-order valence-electron chi connectivity index (χ0n) is 8.64. The van der Waals surface area contributed by atoms with Crippen molar-refractivity contribution in [2.75, 3.05) is 23.7 Å². The van der Waals surface area contributed by atoms with Crippen molar-refractivity contribution in [3.8, 4) is 0 Å². The molecule has 2 aliphatic heterocycles. The quantitative estimate of drug-likeness (QED) is 0.806. The summed E-state index contributed by atoms with van der Waals surface area (Å²) >= 11 is 1.85. The summed E-state index contributed by atoms with van der Waals surface area (Å²) in [6, 6.07) is 6.08. The molecule has 0 unspecified atom stereocenters. The Kier molecular flexibility index (Phi) is 2.17. The number of anilines is 1. The Morgan fingerprint density at radius 3 is 3.12 bits per heavy atom. The Morgan fingerprint density at radius 1 is 1.44 bits per heavy atom. The highest BCUT2D eigenvalue weighted by Gasteiger charge is 2.26. The zero-order valence-corrected chi connectivity index (χ0v) is 9.46. The summed E-state index contributed by atoms with van der Waals surface area (Å²) in [7, 11) is 0. The molecule has 0 bridgehead atoms. The van der Waals surface area contributed by atoms with Crippen molar-refractivity contribution in [2.24, 2.45) is 0 Å². The van der Waals surface area contributed by atoms with Crippen molar-refractivity contribution in [1.29, 1.82) is 0 Å². The number of hydrogen-bond acceptors (Lipinski definition) is 3. The SMILES string of the molecule is O=C(O)C1=Cc2cccc3c2N(CCS3)C1. The second-order valence-electron chi connectivity index (χ2n) is 3.94. The summed E-state index contributed by atoms with van der Waals surface area (Å²) in [5.74, 6) is 0.220. The third-order valence-electron chi connectivity index (χ3n) is 2.93. The summed E-state index contributed by atoms with van der Waals surface area (Å²) in [6.07, 6.45) is 1.80. The molecule has 3 nitrogen and oxygen atoms in total. The van der Waals surface area contributed by atoms with Gasteiger partial charge in [-0.05, 0) is 17.7 Å². The molecule has 4 heteroatoms. The van der Waals surface area contributed by atoms with Crippen LogP contribution in [0.5, 0.6) is 0 Å². The van der Waals surface area contributed by atoms with Crippen molar-refractivity contribution in [3.63, 3.8) is 0 Å². The predicted molar refractivity (Wildman–Crippen MR) is 65.0 cm³/mol. The van der Waals surface area contributed by atoms with Gasteiger partial charge in [-0.3, -0.25) is 0 Å². The minimum atomic E-state index is -0.811. The van der Waals surface area contributed by atoms with Gasteiger partial charge in [-0.2, -0.15) is 0 Å². The van der Waals surface area contributed by atoms with Crippen LogP contribution >= 0.6 is 11.8 Å². The van der Waals surface area contributed by atoms with Gasteiger partial charge in [-0.15, -0.1) is 11.8 Å². The number of nitrogens with zero attached hydrogens (tertiary/aromatic N) is 1. The van der Waals surface area contributed by atoms with Crippen molar-refractivity contribution in [2.45, 2.75) is 4.90 Å². The fraction of sp³-hybridized carbons (Fsp3) is 0.250. The number of carboxylic acids is 1. The Morgan fingerprint density at radius 2 is 2.31 bits per heavy atom. The van der Waals surface area contributed by atoms with Gasteiger partial charge >= 0.3 is 5.97 Å². The largest absolute Gasteiger partial charge is 0.478 e. The molecule has 3 rings (SSSR count). The molecule has 1 aromatic carbocycles. The maximum Gasteiger partial charge on any atom is 0.333 e. The second kappa shape index (κ2) is 3.56. The number of aliphatic carboxylic acids is 1. The highest BCUT2D eigenvalue weighted by atomic mass is 32.2. The second-order valence-corrected chi connectivity index (χ2v) is 5.08. The fourth-order valence-electron chi connectivity index (χ4n) is 2.21. The molecule has 2 heterocycles. The van der Waals surface area contributed by atoms with Crippen LogP contribution in [0.4, 0.5) is 5.69 Å². The third-order valence-corrected chi connectivity index (χ3v) is 3.96. The van der Waals surface area contributed by atoms with Gasteiger partial charge in [0.2, 0.25) is 0 Å². The lowest BCUT2D eigenvalue weighted by molar-refractivity contribution is -0.132. The Bertz CT molecular complexity index is 496. The molecule has 0 amide bonds. The molecular weight excluding hydrogens is 222 g/mol. The van der Waals surface area contributed by atoms with E-state index in [1.54, 1.807) is 6.08 Å². The van der Waals surface area contributed by atoms with Crippen molar-refractivity contribution >= 4 is 29.5 Å². The van der Waals surface area contributed by atoms with Gasteiger partial charge in [-0.25, -0.2) is 4.79 Å². The Labute approximate surface area is 97.8 Å². The first-order valence-corrected chi connectivity index (χ1v) is 6.19. The Hall–Kier alpha value is -1.42. The van der Waals surface area contributed by atoms with Crippen molar-refractivity contribution in [3.05, 3.63) is 29.3 Å². The van der Waals surface area contributed by atoms with Crippen LogP contribution in [0, 0.1) is 0 Å². The van der Waals surface area contributed by atoms with Gasteiger partial charge in [-0.1, -0.05) is 12.1 Å². The molecule has 2 aliphatic rings. The first-order valence-electron chi connectivity index (χ1n) is 5.20. The fourth-order valence-corrected chi connectivity index (χ4v) is 3.30. The number of benzene rings is 1. The minimum absolute atomic E-state index is 0.483. The van der Waals surface area contributed by atoms with Gasteiger partial charge in [0.15, 0.2) is 0 Å². The van der Waals surface area contributed by atoms with E-state index < -0.39 is 5.97 Å². The van der Waals surface area contributed by atoms with E-state index in [0.717, 1.165) is 17.9 Å². The normalized spacial score (nSPS) is 17.8. The average molecular weight is 233 g/mol. The maximum atomic E-state index is 11.0. The topological polar surface area (TPSA) is 40.5 Å². The zero-order chi connectivity index (χ0) is 11.1. The van der Waals surface area contributed by atoms with Crippen LogP contribution in [-0.2, 0) is 4.79 Å². The van der Waals surface area contributed by atoms with E-state index in [2.05, 4.69) is 11.0 Å². The van der Waals surface area contributed by atoms with Gasteiger partial charge in [0.05, 0.1) is 17.8 Å². The minimum Gasteiger partial charge on any atom is -0.478 e. The summed E-state index contributed by atoms with van der Waals surface area (Å²) in [6.45, 7) is 1.46. The first kappa shape index (κ1) is 9.78. The average Bonchev–Trinajstić information content (AvgIpc) is 2.29. The lowest BCUT2D eigenvalue weighted by Gasteiger charge is -2.35. The highest BCUT2D eigenvalue weighted by molar-refractivity contribution is 7.99. The lowest BCUT2D eigenvalue weighted by atomic mass is 10.0. The van der Waals surface area contributed by atoms with E-state index in [4.69, 9.17) is 5.11 Å². The van der Waals surface area contributed by atoms with E-state index >= 15 is 0 Å². The van der Waals surface area contributed by atoms with Crippen LogP contribution < -0.4 is 4.90 Å². The van der Waals surface area contributed by atoms with Crippen molar-refractivity contribution < 1.29 is 9.90 Å². The van der Waals surface area contributed by atoms with Crippen LogP contribution in [0.3, 0.4) is 0 Å². The van der Waals surface area contributed by atoms with E-state index in [1.165, 1.54) is 10.6 Å². The summed E-state index contributed by atoms with van der Waals surface area (Å²) < 4.78 is 0. The van der Waals surface area contributed by atoms with Gasteiger partial charge < -0.3 is 10.0 Å². The number of carboxylic acid groups (broad SMARTS) is 1. The van der Waals surface area contributed by atoms with E-state index in [1.807, 2.05) is 23.9 Å². The Balaban J connectivity index is 2.17. The number of carbonyl (C=O) groups is 1. The molecule has 0 saturated carbocycles. The summed E-state index contributed by atoms with van der Waals surface area (Å²) in [4.78, 5) is 14.5. The van der Waals surface area contributed by atoms with Gasteiger partial charge in [0.1, 0.15) is 0 Å². The molecule has 0 saturated heterocycles. The molecule has 0 spiro atoms. The van der Waals surface area contributed by atoms with Gasteiger partial charge in [0.25, 0.3) is 0 Å². The van der Waals surface area contributed by atoms with Crippen LogP contribution in [0.15, 0.2) is 28.7 Å². The standard InChI is InChI=1S/C12H11NO2S/c14-12(15)9-6-8-2-1-3-10-11(8)13(7-9)4-5-16-10/h1-3,6H,4-5,7H2,(H,14,15). The first-order chi connectivity index (χ1) is 7.75. The van der Waals surface area contributed by atoms with E-state index in [-0.39, 0.29) is 0 Å². The van der Waals surface area contributed by atoms with Crippen LogP contribution in [0.25, 0.3) is 6.08 Å². The third kappa shape index (κ3) is 1.41. The van der Waals surface area contributed by atoms with Crippen LogP contribution in [0.1, 0.15) is 5.56 Å². The smallest absolute Gasteiger partial charge is 0.333 e. The van der Waals surface area contributed by atoms with Crippen LogP contribution in [-0.4, -0.2) is 29.9 Å². The predicted octanol–water partition coefficient (Wildman–Crippen LogP) is 2.08. The van der Waals surface area contributed by atoms with Crippen molar-refractivity contribution in [1.82, 2.24) is 0 Å². The number of para-hydroxylation sites is 1. The number of hydrogen-bond donors (Lipinski definition) is 1.